The minimum Gasteiger partial charge on any atom is -0.465 e. The van der Waals surface area contributed by atoms with Gasteiger partial charge < -0.3 is 29.3 Å². The summed E-state index contributed by atoms with van der Waals surface area (Å²) in [5, 5.41) is 9.22. The Morgan fingerprint density at radius 2 is 1.76 bits per heavy atom. The molecule has 1 N–H and O–H groups in total. The molecule has 6 atom stereocenters. The number of aliphatic hydroxyl groups is 1. The Morgan fingerprint density at radius 3 is 2.40 bits per heavy atom. The predicted molar refractivity (Wildman–Crippen MR) is 181 cm³/mol. The number of anilines is 2. The number of unbranched alkanes of at least 4 members (excludes halogenated alkanes) is 5. The van der Waals surface area contributed by atoms with Crippen molar-refractivity contribution >= 4 is 45.1 Å². The highest BCUT2D eigenvalue weighted by molar-refractivity contribution is 9.09. The summed E-state index contributed by atoms with van der Waals surface area (Å²) < 4.78 is 12.4. The minimum atomic E-state index is -1.15. The van der Waals surface area contributed by atoms with Gasteiger partial charge in [-0.15, -0.1) is 13.2 Å². The number of esters is 1. The van der Waals surface area contributed by atoms with Gasteiger partial charge in [-0.3, -0.25) is 14.4 Å². The van der Waals surface area contributed by atoms with Gasteiger partial charge in [0.15, 0.2) is 0 Å². The molecule has 0 radical (unpaired) electrons. The normalized spacial score (nSPS) is 26.5. The van der Waals surface area contributed by atoms with Crippen molar-refractivity contribution in [2.75, 3.05) is 49.2 Å². The van der Waals surface area contributed by atoms with E-state index >= 15 is 0 Å². The summed E-state index contributed by atoms with van der Waals surface area (Å²) in [4.78, 5) is 48.0. The molecule has 1 aromatic rings. The lowest BCUT2D eigenvalue weighted by Gasteiger charge is -2.37. The smallest absolute Gasteiger partial charge is 0.312 e. The molecule has 0 aliphatic carbocycles. The van der Waals surface area contributed by atoms with Gasteiger partial charge in [0.1, 0.15) is 11.6 Å². The van der Waals surface area contributed by atoms with Crippen LogP contribution in [-0.2, 0) is 23.9 Å². The van der Waals surface area contributed by atoms with Crippen molar-refractivity contribution in [2.24, 2.45) is 11.8 Å². The lowest BCUT2D eigenvalue weighted by Crippen LogP contribution is -2.57. The Balaban J connectivity index is 1.66. The zero-order valence-electron chi connectivity index (χ0n) is 26.9. The van der Waals surface area contributed by atoms with E-state index in [0.29, 0.717) is 37.9 Å². The summed E-state index contributed by atoms with van der Waals surface area (Å²) in [6, 6.07) is 7.00. The third kappa shape index (κ3) is 7.18. The number of hydrogen-bond donors (Lipinski definition) is 1. The molecule has 3 unspecified atom stereocenters. The van der Waals surface area contributed by atoms with E-state index in [1.54, 1.807) is 15.9 Å². The van der Waals surface area contributed by atoms with Gasteiger partial charge in [-0.05, 0) is 76.6 Å². The van der Waals surface area contributed by atoms with Gasteiger partial charge in [0.25, 0.3) is 5.91 Å². The molecule has 0 saturated carbocycles. The number of carbonyl (C=O) groups excluding carboxylic acids is 3. The Morgan fingerprint density at radius 1 is 1.07 bits per heavy atom. The van der Waals surface area contributed by atoms with Crippen molar-refractivity contribution in [1.29, 1.82) is 0 Å². The highest BCUT2D eigenvalue weighted by atomic mass is 79.9. The highest BCUT2D eigenvalue weighted by Gasteiger charge is 2.77. The maximum absolute atomic E-state index is 14.8. The van der Waals surface area contributed by atoms with E-state index in [1.165, 1.54) is 0 Å². The van der Waals surface area contributed by atoms with Gasteiger partial charge >= 0.3 is 5.97 Å². The number of alkyl halides is 1. The number of carbonyl (C=O) groups is 3. The molecule has 3 fully saturated rings. The number of likely N-dealkylation sites (tertiary alicyclic amines) is 1. The summed E-state index contributed by atoms with van der Waals surface area (Å²) >= 11 is 3.74. The first-order valence-electron chi connectivity index (χ1n) is 16.6. The first kappa shape index (κ1) is 35.2. The number of amides is 2. The molecular weight excluding hydrogens is 638 g/mol. The third-order valence-corrected chi connectivity index (χ3v) is 10.4. The topological polar surface area (TPSA) is 99.6 Å². The zero-order valence-corrected chi connectivity index (χ0v) is 28.5. The molecule has 248 valence electrons. The monoisotopic (exact) mass is 687 g/mol. The molecule has 10 heteroatoms. The second-order valence-corrected chi connectivity index (χ2v) is 13.4. The molecular formula is C35H50BrN3O6. The van der Waals surface area contributed by atoms with Crippen molar-refractivity contribution in [1.82, 2.24) is 4.90 Å². The molecule has 1 spiro atoms. The fourth-order valence-corrected chi connectivity index (χ4v) is 8.30. The largest absolute Gasteiger partial charge is 0.465 e. The van der Waals surface area contributed by atoms with E-state index in [9.17, 15) is 19.5 Å². The van der Waals surface area contributed by atoms with Crippen LogP contribution in [-0.4, -0.2) is 89.8 Å². The van der Waals surface area contributed by atoms with Crippen LogP contribution in [0, 0.1) is 11.8 Å². The SMILES string of the molecule is C=CCCCCOC(=O)[C@H]1[C@@H]2OC3(CC2Br)C(C(=O)N(CC=C)c2ccc(N(CC)CC)cc2)N(CCCCCCO)C(=O)[C@H]13. The molecule has 3 saturated heterocycles. The Bertz CT molecular complexity index is 1190. The van der Waals surface area contributed by atoms with Crippen LogP contribution in [0.25, 0.3) is 0 Å². The van der Waals surface area contributed by atoms with Gasteiger partial charge in [-0.2, -0.15) is 0 Å². The van der Waals surface area contributed by atoms with Crippen LogP contribution < -0.4 is 9.80 Å². The fourth-order valence-electron chi connectivity index (χ4n) is 7.36. The lowest BCUT2D eigenvalue weighted by atomic mass is 9.70. The highest BCUT2D eigenvalue weighted by Crippen LogP contribution is 2.60. The standard InChI is InChI=1S/C35H50BrN3O6/c1-5-9-10-15-23-44-34(43)28-29-32(41)39(21-13-11-12-14-22-40)31(35(29)24-27(36)30(28)45-35)33(42)38(20-6-2)26-18-16-25(17-19-26)37(7-3)8-4/h5-6,16-19,27-31,40H,1-2,7-15,20-24H2,3-4H3/t27?,28-,29+,30-,31?,35?/m1/s1. The molecule has 3 aliphatic rings. The van der Waals surface area contributed by atoms with Gasteiger partial charge in [0, 0.05) is 49.0 Å². The summed E-state index contributed by atoms with van der Waals surface area (Å²) in [6.07, 6.45) is 8.85. The van der Waals surface area contributed by atoms with Crippen LogP contribution in [0.5, 0.6) is 0 Å². The molecule has 1 aromatic carbocycles. The number of nitrogens with zero attached hydrogens (tertiary/aromatic N) is 3. The van der Waals surface area contributed by atoms with Crippen LogP contribution in [0.4, 0.5) is 11.4 Å². The number of allylic oxidation sites excluding steroid dienone is 1. The van der Waals surface area contributed by atoms with E-state index in [1.807, 2.05) is 30.3 Å². The molecule has 3 aliphatic heterocycles. The van der Waals surface area contributed by atoms with Crippen molar-refractivity contribution in [3.8, 4) is 0 Å². The number of aliphatic hydroxyl groups excluding tert-OH is 1. The Hall–Kier alpha value is -2.69. The summed E-state index contributed by atoms with van der Waals surface area (Å²) in [5.74, 6) is -2.48. The van der Waals surface area contributed by atoms with Crippen LogP contribution in [0.15, 0.2) is 49.6 Å². The van der Waals surface area contributed by atoms with Gasteiger partial charge in [-0.1, -0.05) is 40.9 Å². The van der Waals surface area contributed by atoms with Crippen molar-refractivity contribution in [3.05, 3.63) is 49.6 Å². The molecule has 4 rings (SSSR count). The predicted octanol–water partition coefficient (Wildman–Crippen LogP) is 5.25. The molecule has 3 heterocycles. The lowest BCUT2D eigenvalue weighted by molar-refractivity contribution is -0.155. The van der Waals surface area contributed by atoms with E-state index in [0.717, 1.165) is 44.5 Å². The van der Waals surface area contributed by atoms with Crippen LogP contribution in [0.2, 0.25) is 0 Å². The number of ether oxygens (including phenoxy) is 2. The number of fused-ring (bicyclic) bond motifs is 1. The van der Waals surface area contributed by atoms with E-state index in [-0.39, 0.29) is 36.4 Å². The van der Waals surface area contributed by atoms with E-state index in [4.69, 9.17) is 9.47 Å². The van der Waals surface area contributed by atoms with Gasteiger partial charge in [0.05, 0.1) is 24.5 Å². The summed E-state index contributed by atoms with van der Waals surface area (Å²) in [7, 11) is 0. The first-order valence-corrected chi connectivity index (χ1v) is 17.5. The fraction of sp³-hybridized carbons (Fsp3) is 0.629. The number of halogens is 1. The molecule has 9 nitrogen and oxygen atoms in total. The second-order valence-electron chi connectivity index (χ2n) is 12.2. The number of hydrogen-bond acceptors (Lipinski definition) is 7. The maximum atomic E-state index is 14.8. The van der Waals surface area contributed by atoms with Crippen molar-refractivity contribution in [2.45, 2.75) is 87.8 Å². The zero-order chi connectivity index (χ0) is 32.6. The minimum absolute atomic E-state index is 0.123. The molecule has 2 bridgehead atoms. The third-order valence-electron chi connectivity index (χ3n) is 9.52. The molecule has 45 heavy (non-hydrogen) atoms. The average molecular weight is 689 g/mol. The van der Waals surface area contributed by atoms with Crippen LogP contribution in [0.3, 0.4) is 0 Å². The van der Waals surface area contributed by atoms with Crippen molar-refractivity contribution < 1.29 is 29.0 Å². The summed E-state index contributed by atoms with van der Waals surface area (Å²) in [6.45, 7) is 14.6. The number of benzene rings is 1. The van der Waals surface area contributed by atoms with Gasteiger partial charge in [-0.25, -0.2) is 0 Å². The maximum Gasteiger partial charge on any atom is 0.312 e. The van der Waals surface area contributed by atoms with Crippen LogP contribution >= 0.6 is 15.9 Å². The Kier molecular flexibility index (Phi) is 12.7. The number of rotatable bonds is 19. The molecule has 0 aromatic heterocycles. The molecule has 2 amide bonds. The van der Waals surface area contributed by atoms with Crippen LogP contribution in [0.1, 0.15) is 65.2 Å². The van der Waals surface area contributed by atoms with E-state index < -0.39 is 35.6 Å². The van der Waals surface area contributed by atoms with Gasteiger partial charge in [0.2, 0.25) is 5.91 Å². The second kappa shape index (κ2) is 16.2. The van der Waals surface area contributed by atoms with Crippen molar-refractivity contribution in [3.63, 3.8) is 0 Å². The summed E-state index contributed by atoms with van der Waals surface area (Å²) in [5.41, 5.74) is 0.634. The van der Waals surface area contributed by atoms with E-state index in [2.05, 4.69) is 47.8 Å². The average Bonchev–Trinajstić information content (AvgIpc) is 3.63. The first-order chi connectivity index (χ1) is 21.8. The Labute approximate surface area is 276 Å². The quantitative estimate of drug-likeness (QED) is 0.0918.